The molecule has 0 unspecified atom stereocenters. The van der Waals surface area contributed by atoms with E-state index < -0.39 is 12.6 Å². The quantitative estimate of drug-likeness (QED) is 0.798. The van der Waals surface area contributed by atoms with Gasteiger partial charge in [-0.3, -0.25) is 0 Å². The van der Waals surface area contributed by atoms with Crippen molar-refractivity contribution < 1.29 is 13.2 Å². The predicted octanol–water partition coefficient (Wildman–Crippen LogP) is 2.01. The van der Waals surface area contributed by atoms with E-state index in [1.807, 2.05) is 6.92 Å². The molecule has 0 radical (unpaired) electrons. The minimum absolute atomic E-state index is 0.0877. The van der Waals surface area contributed by atoms with Crippen molar-refractivity contribution in [3.05, 3.63) is 17.7 Å². The van der Waals surface area contributed by atoms with Crippen LogP contribution in [0.1, 0.15) is 24.9 Å². The van der Waals surface area contributed by atoms with Crippen LogP contribution in [0.4, 0.5) is 13.2 Å². The van der Waals surface area contributed by atoms with Crippen LogP contribution in [0.25, 0.3) is 0 Å². The molecule has 1 heterocycles. The molecule has 0 saturated heterocycles. The monoisotopic (exact) mass is 221 g/mol. The van der Waals surface area contributed by atoms with E-state index in [1.54, 1.807) is 6.20 Å². The fourth-order valence-electron chi connectivity index (χ4n) is 1.14. The van der Waals surface area contributed by atoms with Gasteiger partial charge in [-0.25, -0.2) is 4.98 Å². The summed E-state index contributed by atoms with van der Waals surface area (Å²) in [7, 11) is 0. The first-order valence-electron chi connectivity index (χ1n) is 4.81. The van der Waals surface area contributed by atoms with Crippen LogP contribution in [0.5, 0.6) is 0 Å². The maximum absolute atomic E-state index is 11.9. The number of aromatic amines is 1. The summed E-state index contributed by atoms with van der Waals surface area (Å²) in [4.78, 5) is 6.72. The van der Waals surface area contributed by atoms with E-state index in [2.05, 4.69) is 15.3 Å². The molecule has 1 rings (SSSR count). The van der Waals surface area contributed by atoms with Gasteiger partial charge in [0.2, 0.25) is 0 Å². The van der Waals surface area contributed by atoms with E-state index in [4.69, 9.17) is 0 Å². The van der Waals surface area contributed by atoms with Gasteiger partial charge in [0, 0.05) is 24.9 Å². The predicted molar refractivity (Wildman–Crippen MR) is 50.3 cm³/mol. The van der Waals surface area contributed by atoms with Gasteiger partial charge in [-0.2, -0.15) is 13.2 Å². The highest BCUT2D eigenvalue weighted by atomic mass is 19.4. The lowest BCUT2D eigenvalue weighted by Crippen LogP contribution is -2.12. The van der Waals surface area contributed by atoms with Crippen LogP contribution in [0.2, 0.25) is 0 Å². The Bertz CT molecular complexity index is 293. The summed E-state index contributed by atoms with van der Waals surface area (Å²) in [5.41, 5.74) is 0.814. The van der Waals surface area contributed by atoms with Crippen LogP contribution >= 0.6 is 0 Å². The molecule has 0 amide bonds. The summed E-state index contributed by atoms with van der Waals surface area (Å²) in [5, 5.41) is 3.06. The van der Waals surface area contributed by atoms with E-state index >= 15 is 0 Å². The molecule has 0 spiro atoms. The summed E-state index contributed by atoms with van der Waals surface area (Å²) in [6, 6.07) is 0. The second-order valence-corrected chi connectivity index (χ2v) is 3.25. The Hall–Kier alpha value is -1.04. The van der Waals surface area contributed by atoms with Crippen molar-refractivity contribution in [1.82, 2.24) is 15.3 Å². The minimum atomic E-state index is -4.12. The summed E-state index contributed by atoms with van der Waals surface area (Å²) in [6.45, 7) is 3.38. The van der Waals surface area contributed by atoms with Crippen molar-refractivity contribution in [3.63, 3.8) is 0 Å². The number of aryl methyl sites for hydroxylation is 1. The van der Waals surface area contributed by atoms with E-state index in [9.17, 15) is 13.2 Å². The van der Waals surface area contributed by atoms with Crippen molar-refractivity contribution in [3.8, 4) is 0 Å². The molecule has 0 aliphatic heterocycles. The van der Waals surface area contributed by atoms with Crippen molar-refractivity contribution in [1.29, 1.82) is 0 Å². The Kier molecular flexibility index (Phi) is 4.14. The zero-order chi connectivity index (χ0) is 11.3. The van der Waals surface area contributed by atoms with Crippen LogP contribution < -0.4 is 5.32 Å². The molecule has 3 nitrogen and oxygen atoms in total. The molecule has 0 saturated carbocycles. The average Bonchev–Trinajstić information content (AvgIpc) is 2.58. The first kappa shape index (κ1) is 12.0. The second-order valence-electron chi connectivity index (χ2n) is 3.25. The molecule has 1 aromatic heterocycles. The van der Waals surface area contributed by atoms with Gasteiger partial charge < -0.3 is 10.3 Å². The van der Waals surface area contributed by atoms with Gasteiger partial charge in [0.25, 0.3) is 0 Å². The van der Waals surface area contributed by atoms with E-state index in [-0.39, 0.29) is 6.42 Å². The van der Waals surface area contributed by atoms with Crippen LogP contribution in [-0.4, -0.2) is 22.7 Å². The Balaban J connectivity index is 2.39. The van der Waals surface area contributed by atoms with Gasteiger partial charge in [-0.15, -0.1) is 0 Å². The lowest BCUT2D eigenvalue weighted by atomic mass is 10.3. The fraction of sp³-hybridized carbons (Fsp3) is 0.667. The van der Waals surface area contributed by atoms with Gasteiger partial charge in [0.1, 0.15) is 5.82 Å². The third-order valence-electron chi connectivity index (χ3n) is 1.89. The Morgan fingerprint density at radius 2 is 2.20 bits per heavy atom. The van der Waals surface area contributed by atoms with E-state index in [0.29, 0.717) is 12.4 Å². The third kappa shape index (κ3) is 4.83. The smallest absolute Gasteiger partial charge is 0.345 e. The number of imidazole rings is 1. The van der Waals surface area contributed by atoms with E-state index in [1.165, 1.54) is 0 Å². The summed E-state index contributed by atoms with van der Waals surface area (Å²) < 4.78 is 35.7. The summed E-state index contributed by atoms with van der Waals surface area (Å²) >= 11 is 0. The zero-order valence-corrected chi connectivity index (χ0v) is 8.49. The highest BCUT2D eigenvalue weighted by Crippen LogP contribution is 2.21. The van der Waals surface area contributed by atoms with Crippen molar-refractivity contribution in [2.24, 2.45) is 0 Å². The Labute approximate surface area is 86.1 Å². The maximum atomic E-state index is 11.9. The van der Waals surface area contributed by atoms with Gasteiger partial charge in [0.05, 0.1) is 6.42 Å². The minimum Gasteiger partial charge on any atom is -0.345 e. The number of aromatic nitrogens is 2. The summed E-state index contributed by atoms with van der Waals surface area (Å²) in [5.74, 6) is 0.389. The Morgan fingerprint density at radius 3 is 2.80 bits per heavy atom. The molecule has 0 aliphatic rings. The fourth-order valence-corrected chi connectivity index (χ4v) is 1.14. The highest BCUT2D eigenvalue weighted by molar-refractivity contribution is 5.01. The van der Waals surface area contributed by atoms with Crippen LogP contribution in [0.3, 0.4) is 0 Å². The molecule has 15 heavy (non-hydrogen) atoms. The second kappa shape index (κ2) is 5.16. The van der Waals surface area contributed by atoms with Gasteiger partial charge in [-0.1, -0.05) is 6.92 Å². The first-order valence-corrected chi connectivity index (χ1v) is 4.81. The Morgan fingerprint density at radius 1 is 1.47 bits per heavy atom. The molecule has 6 heteroatoms. The number of alkyl halides is 3. The van der Waals surface area contributed by atoms with Crippen LogP contribution in [0, 0.1) is 0 Å². The van der Waals surface area contributed by atoms with Gasteiger partial charge in [-0.05, 0) is 6.54 Å². The number of rotatable bonds is 5. The van der Waals surface area contributed by atoms with Gasteiger partial charge >= 0.3 is 6.18 Å². The van der Waals surface area contributed by atoms with Crippen LogP contribution in [0.15, 0.2) is 6.20 Å². The van der Waals surface area contributed by atoms with Crippen molar-refractivity contribution in [2.45, 2.75) is 32.5 Å². The van der Waals surface area contributed by atoms with Crippen LogP contribution in [-0.2, 0) is 13.0 Å². The molecular formula is C9H14F3N3. The molecule has 2 N–H and O–H groups in total. The molecule has 86 valence electrons. The molecule has 0 fully saturated rings. The molecule has 0 aromatic carbocycles. The number of hydrogen-bond donors (Lipinski definition) is 2. The molecule has 0 aliphatic carbocycles. The number of halogens is 3. The number of nitrogens with zero attached hydrogens (tertiary/aromatic N) is 1. The standard InChI is InChI=1S/C9H14F3N3/c1-2-13-5-7-6-14-8(15-7)3-4-9(10,11)12/h6,13H,2-5H2,1H3,(H,14,15). The lowest BCUT2D eigenvalue weighted by Gasteiger charge is -2.03. The maximum Gasteiger partial charge on any atom is 0.389 e. The lowest BCUT2D eigenvalue weighted by molar-refractivity contribution is -0.134. The van der Waals surface area contributed by atoms with Crippen molar-refractivity contribution in [2.75, 3.05) is 6.54 Å². The third-order valence-corrected chi connectivity index (χ3v) is 1.89. The zero-order valence-electron chi connectivity index (χ0n) is 8.49. The van der Waals surface area contributed by atoms with E-state index in [0.717, 1.165) is 12.2 Å². The number of hydrogen-bond acceptors (Lipinski definition) is 2. The number of nitrogens with one attached hydrogen (secondary N) is 2. The average molecular weight is 221 g/mol. The highest BCUT2D eigenvalue weighted by Gasteiger charge is 2.26. The number of H-pyrrole nitrogens is 1. The largest absolute Gasteiger partial charge is 0.389 e. The normalized spacial score (nSPS) is 12.0. The molecule has 1 aromatic rings. The SMILES string of the molecule is CCNCc1cnc(CCC(F)(F)F)[nH]1. The van der Waals surface area contributed by atoms with Crippen molar-refractivity contribution >= 4 is 0 Å². The first-order chi connectivity index (χ1) is 7.01. The molecular weight excluding hydrogens is 207 g/mol. The topological polar surface area (TPSA) is 40.7 Å². The summed E-state index contributed by atoms with van der Waals surface area (Å²) in [6.07, 6.45) is -3.47. The van der Waals surface area contributed by atoms with Gasteiger partial charge in [0.15, 0.2) is 0 Å². The molecule has 0 atom stereocenters. The molecule has 0 bridgehead atoms.